The molecule has 0 fully saturated rings. The molecule has 1 heterocycles. The molecule has 106 valence electrons. The van der Waals surface area contributed by atoms with Gasteiger partial charge in [0.2, 0.25) is 5.91 Å². The summed E-state index contributed by atoms with van der Waals surface area (Å²) in [5.41, 5.74) is 8.93. The van der Waals surface area contributed by atoms with Gasteiger partial charge in [-0.3, -0.25) is 4.79 Å². The first-order chi connectivity index (χ1) is 10.1. The van der Waals surface area contributed by atoms with Crippen LogP contribution < -0.4 is 16.7 Å². The van der Waals surface area contributed by atoms with Crippen molar-refractivity contribution in [3.05, 3.63) is 64.1 Å². The molecule has 0 aliphatic rings. The maximum atomic E-state index is 11.2. The van der Waals surface area contributed by atoms with Crippen molar-refractivity contribution in [2.75, 3.05) is 5.32 Å². The molecule has 0 spiro atoms. The largest absolute Gasteiger partial charge is 0.381 e. The van der Waals surface area contributed by atoms with Crippen LogP contribution >= 0.6 is 0 Å². The van der Waals surface area contributed by atoms with Gasteiger partial charge >= 0.3 is 5.69 Å². The van der Waals surface area contributed by atoms with Crippen molar-refractivity contribution in [1.82, 2.24) is 9.97 Å². The van der Waals surface area contributed by atoms with E-state index in [2.05, 4.69) is 15.3 Å². The summed E-state index contributed by atoms with van der Waals surface area (Å²) in [5.74, 6) is -0.434. The van der Waals surface area contributed by atoms with Crippen molar-refractivity contribution in [3.8, 4) is 0 Å². The fourth-order valence-corrected chi connectivity index (χ4v) is 2.13. The lowest BCUT2D eigenvalue weighted by Crippen LogP contribution is -2.10. The van der Waals surface area contributed by atoms with Gasteiger partial charge < -0.3 is 21.0 Å². The third-order valence-electron chi connectivity index (χ3n) is 3.25. The molecular weight excluding hydrogens is 268 g/mol. The average Bonchev–Trinajstić information content (AvgIpc) is 2.84. The Morgan fingerprint density at radius 3 is 2.48 bits per heavy atom. The molecule has 0 unspecified atom stereocenters. The Balaban J connectivity index is 1.73. The number of fused-ring (bicyclic) bond motifs is 1. The first kappa shape index (κ1) is 13.0. The van der Waals surface area contributed by atoms with Crippen molar-refractivity contribution in [1.29, 1.82) is 0 Å². The van der Waals surface area contributed by atoms with Crippen molar-refractivity contribution < 1.29 is 4.79 Å². The van der Waals surface area contributed by atoms with Gasteiger partial charge in [0.05, 0.1) is 11.0 Å². The van der Waals surface area contributed by atoms with E-state index in [4.69, 9.17) is 5.73 Å². The van der Waals surface area contributed by atoms with Gasteiger partial charge in [0.25, 0.3) is 0 Å². The lowest BCUT2D eigenvalue weighted by atomic mass is 10.1. The van der Waals surface area contributed by atoms with E-state index in [1.54, 1.807) is 12.1 Å². The Hall–Kier alpha value is -3.02. The third-order valence-corrected chi connectivity index (χ3v) is 3.25. The van der Waals surface area contributed by atoms with E-state index in [9.17, 15) is 9.59 Å². The normalized spacial score (nSPS) is 10.7. The Kier molecular flexibility index (Phi) is 3.19. The number of aromatic amines is 2. The number of primary amides is 1. The minimum absolute atomic E-state index is 0.218. The monoisotopic (exact) mass is 282 g/mol. The predicted molar refractivity (Wildman–Crippen MR) is 81.2 cm³/mol. The highest BCUT2D eigenvalue weighted by Gasteiger charge is 2.02. The van der Waals surface area contributed by atoms with Gasteiger partial charge in [0.15, 0.2) is 0 Å². The van der Waals surface area contributed by atoms with E-state index >= 15 is 0 Å². The number of hydrogen-bond donors (Lipinski definition) is 4. The Morgan fingerprint density at radius 1 is 1.05 bits per heavy atom. The van der Waals surface area contributed by atoms with Crippen LogP contribution in [0.2, 0.25) is 0 Å². The molecule has 21 heavy (non-hydrogen) atoms. The second-order valence-corrected chi connectivity index (χ2v) is 4.75. The molecule has 0 radical (unpaired) electrons. The standard InChI is InChI=1S/C15H14N4O2/c16-14(20)10-3-1-9(2-4-10)8-17-11-5-6-12-13(7-11)19-15(21)18-12/h1-7,17H,8H2,(H2,16,20)(H2,18,19,21). The fourth-order valence-electron chi connectivity index (χ4n) is 2.13. The van der Waals surface area contributed by atoms with Crippen LogP contribution in [0.15, 0.2) is 47.3 Å². The van der Waals surface area contributed by atoms with Crippen molar-refractivity contribution in [2.24, 2.45) is 5.73 Å². The summed E-state index contributed by atoms with van der Waals surface area (Å²) in [7, 11) is 0. The molecule has 0 saturated carbocycles. The van der Waals surface area contributed by atoms with Crippen LogP contribution in [0.5, 0.6) is 0 Å². The van der Waals surface area contributed by atoms with E-state index < -0.39 is 5.91 Å². The lowest BCUT2D eigenvalue weighted by Gasteiger charge is -2.07. The highest BCUT2D eigenvalue weighted by Crippen LogP contribution is 2.15. The van der Waals surface area contributed by atoms with Crippen LogP contribution in [-0.2, 0) is 6.54 Å². The molecule has 6 heteroatoms. The zero-order valence-corrected chi connectivity index (χ0v) is 11.1. The Bertz CT molecular complexity index is 846. The van der Waals surface area contributed by atoms with Crippen LogP contribution in [0.3, 0.4) is 0 Å². The highest BCUT2D eigenvalue weighted by molar-refractivity contribution is 5.92. The number of nitrogens with one attached hydrogen (secondary N) is 3. The van der Waals surface area contributed by atoms with E-state index in [0.717, 1.165) is 22.3 Å². The van der Waals surface area contributed by atoms with Crippen LogP contribution in [-0.4, -0.2) is 15.9 Å². The number of rotatable bonds is 4. The van der Waals surface area contributed by atoms with Crippen LogP contribution in [0.1, 0.15) is 15.9 Å². The van der Waals surface area contributed by atoms with Gasteiger partial charge in [0, 0.05) is 17.8 Å². The zero-order valence-electron chi connectivity index (χ0n) is 11.1. The first-order valence-electron chi connectivity index (χ1n) is 6.46. The van der Waals surface area contributed by atoms with Crippen LogP contribution in [0.4, 0.5) is 5.69 Å². The minimum atomic E-state index is -0.434. The van der Waals surface area contributed by atoms with Gasteiger partial charge in [-0.25, -0.2) is 4.79 Å². The van der Waals surface area contributed by atoms with Gasteiger partial charge in [-0.15, -0.1) is 0 Å². The summed E-state index contributed by atoms with van der Waals surface area (Å²) in [4.78, 5) is 27.6. The minimum Gasteiger partial charge on any atom is -0.381 e. The number of imidazole rings is 1. The number of carbonyl (C=O) groups excluding carboxylic acids is 1. The summed E-state index contributed by atoms with van der Waals surface area (Å²) >= 11 is 0. The predicted octanol–water partition coefficient (Wildman–Crippen LogP) is 1.57. The number of nitrogens with two attached hydrogens (primary N) is 1. The quantitative estimate of drug-likeness (QED) is 0.583. The second kappa shape index (κ2) is 5.16. The molecule has 3 rings (SSSR count). The van der Waals surface area contributed by atoms with Crippen LogP contribution in [0.25, 0.3) is 11.0 Å². The van der Waals surface area contributed by atoms with Crippen molar-refractivity contribution >= 4 is 22.6 Å². The topological polar surface area (TPSA) is 104 Å². The molecule has 5 N–H and O–H groups in total. The number of anilines is 1. The zero-order chi connectivity index (χ0) is 14.8. The molecule has 0 aliphatic heterocycles. The lowest BCUT2D eigenvalue weighted by molar-refractivity contribution is 0.100. The van der Waals surface area contributed by atoms with Gasteiger partial charge in [-0.2, -0.15) is 0 Å². The number of H-pyrrole nitrogens is 2. The van der Waals surface area contributed by atoms with E-state index in [0.29, 0.717) is 12.1 Å². The van der Waals surface area contributed by atoms with E-state index in [1.807, 2.05) is 30.3 Å². The average molecular weight is 282 g/mol. The maximum Gasteiger partial charge on any atom is 0.323 e. The summed E-state index contributed by atoms with van der Waals surface area (Å²) in [6.45, 7) is 0.610. The number of aromatic nitrogens is 2. The van der Waals surface area contributed by atoms with Crippen molar-refractivity contribution in [2.45, 2.75) is 6.54 Å². The molecule has 1 amide bonds. The smallest absolute Gasteiger partial charge is 0.323 e. The Morgan fingerprint density at radius 2 is 1.76 bits per heavy atom. The van der Waals surface area contributed by atoms with Gasteiger partial charge in [-0.1, -0.05) is 12.1 Å². The number of benzene rings is 2. The molecule has 1 aromatic heterocycles. The number of amides is 1. The summed E-state index contributed by atoms with van der Waals surface area (Å²) in [6, 6.07) is 12.7. The third kappa shape index (κ3) is 2.79. The molecule has 0 aliphatic carbocycles. The molecule has 6 nitrogen and oxygen atoms in total. The van der Waals surface area contributed by atoms with Gasteiger partial charge in [-0.05, 0) is 35.9 Å². The molecular formula is C15H14N4O2. The van der Waals surface area contributed by atoms with Crippen LogP contribution in [0, 0.1) is 0 Å². The maximum absolute atomic E-state index is 11.2. The SMILES string of the molecule is NC(=O)c1ccc(CNc2ccc3[nH]c(=O)[nH]c3c2)cc1. The first-order valence-corrected chi connectivity index (χ1v) is 6.46. The molecule has 2 aromatic carbocycles. The molecule has 0 saturated heterocycles. The Labute approximate surface area is 120 Å². The number of hydrogen-bond acceptors (Lipinski definition) is 3. The number of carbonyl (C=O) groups is 1. The molecule has 3 aromatic rings. The highest BCUT2D eigenvalue weighted by atomic mass is 16.1. The summed E-state index contributed by atoms with van der Waals surface area (Å²) < 4.78 is 0. The second-order valence-electron chi connectivity index (χ2n) is 4.75. The molecule has 0 bridgehead atoms. The molecule has 0 atom stereocenters. The van der Waals surface area contributed by atoms with Crippen molar-refractivity contribution in [3.63, 3.8) is 0 Å². The summed E-state index contributed by atoms with van der Waals surface area (Å²) in [6.07, 6.45) is 0. The summed E-state index contributed by atoms with van der Waals surface area (Å²) in [5, 5.41) is 3.26. The van der Waals surface area contributed by atoms with E-state index in [1.165, 1.54) is 0 Å². The van der Waals surface area contributed by atoms with Gasteiger partial charge in [0.1, 0.15) is 0 Å². The fraction of sp³-hybridized carbons (Fsp3) is 0.0667. The van der Waals surface area contributed by atoms with E-state index in [-0.39, 0.29) is 5.69 Å².